The third-order valence-corrected chi connectivity index (χ3v) is 1.87. The summed E-state index contributed by atoms with van der Waals surface area (Å²) in [5, 5.41) is 7.26. The Labute approximate surface area is 84.9 Å². The minimum atomic E-state index is -0.658. The van der Waals surface area contributed by atoms with E-state index in [4.69, 9.17) is 8.83 Å². The third kappa shape index (κ3) is 1.61. The predicted molar refractivity (Wildman–Crippen MR) is 48.1 cm³/mol. The van der Waals surface area contributed by atoms with E-state index in [0.29, 0.717) is 11.3 Å². The molecule has 0 amide bonds. The maximum absolute atomic E-state index is 11.0. The normalized spacial score (nSPS) is 10.3. The van der Waals surface area contributed by atoms with Crippen LogP contribution in [0.4, 0.5) is 0 Å². The molecule has 0 aliphatic rings. The lowest BCUT2D eigenvalue weighted by atomic mass is 10.3. The number of carbonyl (C=O) groups excluding carboxylic acids is 1. The Bertz CT molecular complexity index is 486. The molecule has 2 rings (SSSR count). The maximum Gasteiger partial charge on any atom is 0.396 e. The topological polar surface area (TPSA) is 78.4 Å². The van der Waals surface area contributed by atoms with Crippen molar-refractivity contribution in [3.8, 4) is 11.5 Å². The fraction of sp³-hybridized carbons (Fsp3) is 0.222. The minimum Gasteiger partial charge on any atom is -0.469 e. The Morgan fingerprint density at radius 2 is 2.27 bits per heavy atom. The first kappa shape index (κ1) is 9.45. The Morgan fingerprint density at radius 3 is 2.87 bits per heavy atom. The molecule has 15 heavy (non-hydrogen) atoms. The zero-order valence-corrected chi connectivity index (χ0v) is 8.18. The molecular weight excluding hydrogens is 200 g/mol. The molecular formula is C9H8N2O4. The number of hydrogen-bond donors (Lipinski definition) is 0. The van der Waals surface area contributed by atoms with Crippen molar-refractivity contribution in [2.45, 2.75) is 6.92 Å². The van der Waals surface area contributed by atoms with Gasteiger partial charge in [-0.25, -0.2) is 4.79 Å². The summed E-state index contributed by atoms with van der Waals surface area (Å²) in [6.07, 6.45) is 1.51. The van der Waals surface area contributed by atoms with Crippen LogP contribution in [0, 0.1) is 6.92 Å². The van der Waals surface area contributed by atoms with Crippen molar-refractivity contribution in [3.63, 3.8) is 0 Å². The van der Waals surface area contributed by atoms with Crippen molar-refractivity contribution in [1.82, 2.24) is 10.2 Å². The standard InChI is InChI=1S/C9H8N2O4/c1-5-6(3-4-14-5)7-10-11-8(15-7)9(12)13-2/h3-4H,1-2H3. The lowest BCUT2D eigenvalue weighted by Gasteiger charge is -1.90. The van der Waals surface area contributed by atoms with Crippen LogP contribution in [-0.2, 0) is 4.74 Å². The number of hydrogen-bond acceptors (Lipinski definition) is 6. The fourth-order valence-electron chi connectivity index (χ4n) is 1.11. The summed E-state index contributed by atoms with van der Waals surface area (Å²) in [6, 6.07) is 1.68. The number of methoxy groups -OCH3 is 1. The first-order chi connectivity index (χ1) is 7.22. The second kappa shape index (κ2) is 3.56. The van der Waals surface area contributed by atoms with Crippen LogP contribution in [0.3, 0.4) is 0 Å². The van der Waals surface area contributed by atoms with Crippen LogP contribution in [0.15, 0.2) is 21.2 Å². The van der Waals surface area contributed by atoms with Gasteiger partial charge in [0.1, 0.15) is 5.76 Å². The van der Waals surface area contributed by atoms with Crippen molar-refractivity contribution in [1.29, 1.82) is 0 Å². The Morgan fingerprint density at radius 1 is 1.47 bits per heavy atom. The maximum atomic E-state index is 11.0. The van der Waals surface area contributed by atoms with Gasteiger partial charge in [0.15, 0.2) is 0 Å². The zero-order chi connectivity index (χ0) is 10.8. The van der Waals surface area contributed by atoms with Gasteiger partial charge in [-0.1, -0.05) is 0 Å². The van der Waals surface area contributed by atoms with E-state index in [-0.39, 0.29) is 11.8 Å². The van der Waals surface area contributed by atoms with Crippen LogP contribution >= 0.6 is 0 Å². The molecule has 0 atom stereocenters. The molecule has 2 aromatic heterocycles. The van der Waals surface area contributed by atoms with Crippen molar-refractivity contribution in [2.75, 3.05) is 7.11 Å². The van der Waals surface area contributed by atoms with E-state index in [1.165, 1.54) is 13.4 Å². The number of aryl methyl sites for hydroxylation is 1. The fourth-order valence-corrected chi connectivity index (χ4v) is 1.11. The minimum absolute atomic E-state index is 0.173. The van der Waals surface area contributed by atoms with E-state index < -0.39 is 5.97 Å². The Kier molecular flexibility index (Phi) is 2.24. The highest BCUT2D eigenvalue weighted by Gasteiger charge is 2.17. The molecule has 0 aliphatic carbocycles. The number of furan rings is 1. The average molecular weight is 208 g/mol. The summed E-state index contributed by atoms with van der Waals surface area (Å²) in [4.78, 5) is 11.0. The van der Waals surface area contributed by atoms with E-state index in [1.807, 2.05) is 0 Å². The van der Waals surface area contributed by atoms with Crippen LogP contribution in [-0.4, -0.2) is 23.3 Å². The van der Waals surface area contributed by atoms with Gasteiger partial charge in [-0.2, -0.15) is 0 Å². The van der Waals surface area contributed by atoms with Gasteiger partial charge >= 0.3 is 11.9 Å². The van der Waals surface area contributed by atoms with Crippen molar-refractivity contribution >= 4 is 5.97 Å². The van der Waals surface area contributed by atoms with Gasteiger partial charge in [0.25, 0.3) is 5.89 Å². The highest BCUT2D eigenvalue weighted by atomic mass is 16.5. The predicted octanol–water partition coefficient (Wildman–Crippen LogP) is 1.42. The Balaban J connectivity index is 2.36. The van der Waals surface area contributed by atoms with Crippen LogP contribution in [0.2, 0.25) is 0 Å². The van der Waals surface area contributed by atoms with Gasteiger partial charge in [0.2, 0.25) is 0 Å². The molecule has 0 bridgehead atoms. The highest BCUT2D eigenvalue weighted by Crippen LogP contribution is 2.22. The van der Waals surface area contributed by atoms with Gasteiger partial charge < -0.3 is 13.6 Å². The number of carbonyl (C=O) groups is 1. The van der Waals surface area contributed by atoms with Crippen LogP contribution in [0.5, 0.6) is 0 Å². The summed E-state index contributed by atoms with van der Waals surface area (Å²) in [6.45, 7) is 1.76. The molecule has 6 nitrogen and oxygen atoms in total. The summed E-state index contributed by atoms with van der Waals surface area (Å²) in [7, 11) is 1.25. The number of aromatic nitrogens is 2. The number of rotatable bonds is 2. The largest absolute Gasteiger partial charge is 0.469 e. The van der Waals surface area contributed by atoms with E-state index >= 15 is 0 Å². The third-order valence-electron chi connectivity index (χ3n) is 1.87. The number of esters is 1. The van der Waals surface area contributed by atoms with E-state index in [0.717, 1.165) is 0 Å². The smallest absolute Gasteiger partial charge is 0.396 e. The zero-order valence-electron chi connectivity index (χ0n) is 8.18. The average Bonchev–Trinajstić information content (AvgIpc) is 2.84. The molecule has 0 fully saturated rings. The highest BCUT2D eigenvalue weighted by molar-refractivity contribution is 5.84. The van der Waals surface area contributed by atoms with Crippen LogP contribution in [0.25, 0.3) is 11.5 Å². The quantitative estimate of drug-likeness (QED) is 0.694. The summed E-state index contributed by atoms with van der Waals surface area (Å²) in [5.41, 5.74) is 0.664. The molecule has 0 aliphatic heterocycles. The monoisotopic (exact) mass is 208 g/mol. The van der Waals surface area contributed by atoms with Crippen molar-refractivity contribution < 1.29 is 18.4 Å². The van der Waals surface area contributed by atoms with Gasteiger partial charge in [-0.15, -0.1) is 10.2 Å². The molecule has 0 saturated heterocycles. The molecule has 0 saturated carbocycles. The number of ether oxygens (including phenoxy) is 1. The Hall–Kier alpha value is -2.11. The molecule has 0 spiro atoms. The molecule has 0 unspecified atom stereocenters. The summed E-state index contributed by atoms with van der Waals surface area (Å²) >= 11 is 0. The SMILES string of the molecule is COC(=O)c1nnc(-c2ccoc2C)o1. The molecule has 0 aromatic carbocycles. The lowest BCUT2D eigenvalue weighted by molar-refractivity contribution is 0.0556. The lowest BCUT2D eigenvalue weighted by Crippen LogP contribution is -2.00. The van der Waals surface area contributed by atoms with E-state index in [1.54, 1.807) is 13.0 Å². The van der Waals surface area contributed by atoms with Crippen LogP contribution < -0.4 is 0 Å². The molecule has 0 N–H and O–H groups in total. The van der Waals surface area contributed by atoms with Crippen molar-refractivity contribution in [3.05, 3.63) is 24.0 Å². The first-order valence-corrected chi connectivity index (χ1v) is 4.18. The first-order valence-electron chi connectivity index (χ1n) is 4.18. The van der Waals surface area contributed by atoms with Gasteiger partial charge in [0.05, 0.1) is 18.9 Å². The van der Waals surface area contributed by atoms with Crippen molar-refractivity contribution in [2.24, 2.45) is 0 Å². The van der Waals surface area contributed by atoms with E-state index in [9.17, 15) is 4.79 Å². The summed E-state index contributed by atoms with van der Waals surface area (Å²) in [5.74, 6) is 0.0553. The number of nitrogens with zero attached hydrogens (tertiary/aromatic N) is 2. The van der Waals surface area contributed by atoms with Gasteiger partial charge in [-0.3, -0.25) is 0 Å². The molecule has 2 heterocycles. The molecule has 6 heteroatoms. The second-order valence-electron chi connectivity index (χ2n) is 2.79. The molecule has 2 aromatic rings. The van der Waals surface area contributed by atoms with Gasteiger partial charge in [0, 0.05) is 0 Å². The molecule has 0 radical (unpaired) electrons. The second-order valence-corrected chi connectivity index (χ2v) is 2.79. The van der Waals surface area contributed by atoms with E-state index in [2.05, 4.69) is 14.9 Å². The summed E-state index contributed by atoms with van der Waals surface area (Å²) < 4.78 is 14.6. The molecule has 78 valence electrons. The van der Waals surface area contributed by atoms with Gasteiger partial charge in [-0.05, 0) is 13.0 Å². The van der Waals surface area contributed by atoms with Crippen LogP contribution in [0.1, 0.15) is 16.4 Å².